The van der Waals surface area contributed by atoms with E-state index in [0.29, 0.717) is 17.9 Å². The normalized spacial score (nSPS) is 10.5. The maximum absolute atomic E-state index is 12.1. The van der Waals surface area contributed by atoms with Crippen LogP contribution in [-0.4, -0.2) is 56.4 Å². The lowest BCUT2D eigenvalue weighted by Crippen LogP contribution is -2.34. The Kier molecular flexibility index (Phi) is 6.88. The Morgan fingerprint density at radius 1 is 1.19 bits per heavy atom. The van der Waals surface area contributed by atoms with Gasteiger partial charge in [-0.25, -0.2) is 0 Å². The minimum absolute atomic E-state index is 0.00274. The first-order chi connectivity index (χ1) is 15.0. The number of carbonyl (C=O) groups is 2. The highest BCUT2D eigenvalue weighted by Gasteiger charge is 2.16. The Balaban J connectivity index is 1.42. The highest BCUT2D eigenvalue weighted by Crippen LogP contribution is 2.12. The van der Waals surface area contributed by atoms with Crippen molar-refractivity contribution in [2.24, 2.45) is 0 Å². The molecule has 0 saturated carbocycles. The SMILES string of the molecule is CCOc1ccc(C(=O)NCCNC(=O)c2nc(Cn3cc([N+](=O)[O-])cn3)no2)cc1. The van der Waals surface area contributed by atoms with Gasteiger partial charge in [0.15, 0.2) is 5.82 Å². The number of hydrogen-bond donors (Lipinski definition) is 2. The summed E-state index contributed by atoms with van der Waals surface area (Å²) in [6.45, 7) is 2.75. The van der Waals surface area contributed by atoms with E-state index in [1.54, 1.807) is 24.3 Å². The monoisotopic (exact) mass is 429 g/mol. The summed E-state index contributed by atoms with van der Waals surface area (Å²) in [5.74, 6) is -0.358. The lowest BCUT2D eigenvalue weighted by atomic mass is 10.2. The van der Waals surface area contributed by atoms with Crippen molar-refractivity contribution in [1.82, 2.24) is 30.6 Å². The van der Waals surface area contributed by atoms with E-state index in [4.69, 9.17) is 9.26 Å². The lowest BCUT2D eigenvalue weighted by Gasteiger charge is -2.07. The molecule has 162 valence electrons. The molecule has 0 aliphatic heterocycles. The molecule has 0 bridgehead atoms. The summed E-state index contributed by atoms with van der Waals surface area (Å²) in [4.78, 5) is 38.2. The summed E-state index contributed by atoms with van der Waals surface area (Å²) in [6.07, 6.45) is 2.30. The van der Waals surface area contributed by atoms with Gasteiger partial charge in [-0.2, -0.15) is 10.1 Å². The van der Waals surface area contributed by atoms with E-state index >= 15 is 0 Å². The van der Waals surface area contributed by atoms with Crippen LogP contribution in [0.15, 0.2) is 41.2 Å². The molecule has 0 aliphatic carbocycles. The van der Waals surface area contributed by atoms with E-state index in [0.717, 1.165) is 6.20 Å². The fourth-order valence-electron chi connectivity index (χ4n) is 2.49. The largest absolute Gasteiger partial charge is 0.494 e. The summed E-state index contributed by atoms with van der Waals surface area (Å²) in [5.41, 5.74) is 0.295. The van der Waals surface area contributed by atoms with E-state index in [1.807, 2.05) is 6.92 Å². The van der Waals surface area contributed by atoms with Crippen molar-refractivity contribution in [2.75, 3.05) is 19.7 Å². The highest BCUT2D eigenvalue weighted by atomic mass is 16.6. The zero-order valence-electron chi connectivity index (χ0n) is 16.5. The van der Waals surface area contributed by atoms with Crippen LogP contribution < -0.4 is 15.4 Å². The third kappa shape index (κ3) is 5.85. The highest BCUT2D eigenvalue weighted by molar-refractivity contribution is 5.94. The molecule has 3 aromatic rings. The van der Waals surface area contributed by atoms with Crippen LogP contribution in [0.1, 0.15) is 33.8 Å². The molecule has 1 aromatic carbocycles. The van der Waals surface area contributed by atoms with Gasteiger partial charge in [-0.15, -0.1) is 0 Å². The number of carbonyl (C=O) groups excluding carboxylic acids is 2. The molecule has 0 fully saturated rings. The van der Waals surface area contributed by atoms with Crippen molar-refractivity contribution in [1.29, 1.82) is 0 Å². The molecular weight excluding hydrogens is 410 g/mol. The second kappa shape index (κ2) is 9.96. The van der Waals surface area contributed by atoms with Gasteiger partial charge < -0.3 is 19.9 Å². The van der Waals surface area contributed by atoms with Crippen LogP contribution in [-0.2, 0) is 6.54 Å². The molecule has 31 heavy (non-hydrogen) atoms. The minimum atomic E-state index is -0.611. The maximum Gasteiger partial charge on any atom is 0.316 e. The van der Waals surface area contributed by atoms with Gasteiger partial charge in [0.05, 0.1) is 11.5 Å². The third-order valence-corrected chi connectivity index (χ3v) is 3.92. The summed E-state index contributed by atoms with van der Waals surface area (Å²) in [5, 5.41) is 23.3. The number of aromatic nitrogens is 4. The Hall–Kier alpha value is -4.29. The summed E-state index contributed by atoms with van der Waals surface area (Å²) in [7, 11) is 0. The van der Waals surface area contributed by atoms with Crippen LogP contribution in [0, 0.1) is 10.1 Å². The topological polar surface area (TPSA) is 167 Å². The first kappa shape index (κ1) is 21.4. The Bertz CT molecular complexity index is 1060. The van der Waals surface area contributed by atoms with E-state index in [-0.39, 0.29) is 42.9 Å². The van der Waals surface area contributed by atoms with Crippen LogP contribution in [0.5, 0.6) is 5.75 Å². The van der Waals surface area contributed by atoms with Gasteiger partial charge in [-0.1, -0.05) is 5.16 Å². The molecule has 3 rings (SSSR count). The van der Waals surface area contributed by atoms with Gasteiger partial charge in [-0.3, -0.25) is 24.4 Å². The summed E-state index contributed by atoms with van der Waals surface area (Å²) < 4.78 is 11.5. The molecule has 2 heterocycles. The van der Waals surface area contributed by atoms with Gasteiger partial charge in [0.1, 0.15) is 24.7 Å². The Labute approximate surface area is 175 Å². The van der Waals surface area contributed by atoms with Crippen molar-refractivity contribution in [3.05, 3.63) is 64.1 Å². The van der Waals surface area contributed by atoms with Crippen LogP contribution in [0.4, 0.5) is 5.69 Å². The zero-order chi connectivity index (χ0) is 22.2. The molecule has 13 heteroatoms. The number of nitro groups is 1. The van der Waals surface area contributed by atoms with Gasteiger partial charge in [0.2, 0.25) is 0 Å². The van der Waals surface area contributed by atoms with Crippen molar-refractivity contribution in [3.63, 3.8) is 0 Å². The molecule has 0 aliphatic rings. The number of rotatable bonds is 10. The first-order valence-electron chi connectivity index (χ1n) is 9.25. The second-order valence-corrected chi connectivity index (χ2v) is 6.14. The minimum Gasteiger partial charge on any atom is -0.494 e. The molecule has 0 atom stereocenters. The maximum atomic E-state index is 12.1. The number of ether oxygens (including phenoxy) is 1. The van der Waals surface area contributed by atoms with Crippen molar-refractivity contribution < 1.29 is 23.8 Å². The molecular formula is C18H19N7O6. The van der Waals surface area contributed by atoms with E-state index < -0.39 is 10.8 Å². The Morgan fingerprint density at radius 3 is 2.55 bits per heavy atom. The quantitative estimate of drug-likeness (QED) is 0.269. The van der Waals surface area contributed by atoms with Crippen LogP contribution in [0.2, 0.25) is 0 Å². The number of hydrogen-bond acceptors (Lipinski definition) is 9. The second-order valence-electron chi connectivity index (χ2n) is 6.14. The zero-order valence-corrected chi connectivity index (χ0v) is 16.5. The summed E-state index contributed by atoms with van der Waals surface area (Å²) in [6, 6.07) is 6.70. The van der Waals surface area contributed by atoms with Crippen molar-refractivity contribution in [3.8, 4) is 5.75 Å². The average Bonchev–Trinajstić information content (AvgIpc) is 3.42. The predicted octanol–water partition coefficient (Wildman–Crippen LogP) is 0.781. The van der Waals surface area contributed by atoms with Crippen LogP contribution in [0.3, 0.4) is 0 Å². The van der Waals surface area contributed by atoms with Crippen LogP contribution in [0.25, 0.3) is 0 Å². The van der Waals surface area contributed by atoms with Gasteiger partial charge in [-0.05, 0) is 31.2 Å². The molecule has 0 unspecified atom stereocenters. The van der Waals surface area contributed by atoms with Crippen molar-refractivity contribution >= 4 is 17.5 Å². The summed E-state index contributed by atoms with van der Waals surface area (Å²) >= 11 is 0. The Morgan fingerprint density at radius 2 is 1.90 bits per heavy atom. The average molecular weight is 429 g/mol. The smallest absolute Gasteiger partial charge is 0.316 e. The number of benzene rings is 1. The fourth-order valence-corrected chi connectivity index (χ4v) is 2.49. The van der Waals surface area contributed by atoms with Gasteiger partial charge in [0, 0.05) is 18.7 Å². The van der Waals surface area contributed by atoms with E-state index in [9.17, 15) is 19.7 Å². The van der Waals surface area contributed by atoms with Crippen LogP contribution >= 0.6 is 0 Å². The van der Waals surface area contributed by atoms with Crippen molar-refractivity contribution in [2.45, 2.75) is 13.5 Å². The first-order valence-corrected chi connectivity index (χ1v) is 9.25. The molecule has 2 amide bonds. The molecule has 0 saturated heterocycles. The molecule has 13 nitrogen and oxygen atoms in total. The lowest BCUT2D eigenvalue weighted by molar-refractivity contribution is -0.385. The van der Waals surface area contributed by atoms with E-state index in [2.05, 4.69) is 25.9 Å². The standard InChI is InChI=1S/C18H19N7O6/c1-2-30-14-5-3-12(4-6-14)16(26)19-7-8-20-17(27)18-22-15(23-31-18)11-24-10-13(9-21-24)25(28)29/h3-6,9-10H,2,7-8,11H2,1H3,(H,19,26)(H,20,27). The van der Waals surface area contributed by atoms with Gasteiger partial charge >= 0.3 is 17.5 Å². The molecule has 2 aromatic heterocycles. The number of amides is 2. The number of nitrogens with one attached hydrogen (secondary N) is 2. The van der Waals surface area contributed by atoms with Gasteiger partial charge in [0.25, 0.3) is 5.91 Å². The number of nitrogens with zero attached hydrogens (tertiary/aromatic N) is 5. The molecule has 0 radical (unpaired) electrons. The molecule has 0 spiro atoms. The fraction of sp³-hybridized carbons (Fsp3) is 0.278. The predicted molar refractivity (Wildman–Crippen MR) is 105 cm³/mol. The third-order valence-electron chi connectivity index (χ3n) is 3.92. The molecule has 2 N–H and O–H groups in total. The van der Waals surface area contributed by atoms with E-state index in [1.165, 1.54) is 10.9 Å².